The van der Waals surface area contributed by atoms with Crippen molar-refractivity contribution in [3.8, 4) is 0 Å². The summed E-state index contributed by atoms with van der Waals surface area (Å²) in [4.78, 5) is 1.68. The van der Waals surface area contributed by atoms with Crippen LogP contribution in [0.25, 0.3) is 0 Å². The van der Waals surface area contributed by atoms with Crippen molar-refractivity contribution < 1.29 is 8.78 Å². The Morgan fingerprint density at radius 3 is 2.89 bits per heavy atom. The Morgan fingerprint density at radius 1 is 1.22 bits per heavy atom. The van der Waals surface area contributed by atoms with Crippen LogP contribution in [0.1, 0.15) is 5.82 Å². The van der Waals surface area contributed by atoms with E-state index in [4.69, 9.17) is 5.73 Å². The number of fused-ring (bicyclic) bond motifs is 1. The molecule has 0 radical (unpaired) electrons. The lowest BCUT2D eigenvalue weighted by atomic mass is 10.2. The third kappa shape index (κ3) is 1.59. The number of halogens is 2. The van der Waals surface area contributed by atoms with Crippen molar-refractivity contribution in [2.45, 2.75) is 13.1 Å². The molecule has 1 aromatic carbocycles. The molecule has 0 aliphatic carbocycles. The van der Waals surface area contributed by atoms with Crippen molar-refractivity contribution in [2.75, 3.05) is 17.2 Å². The van der Waals surface area contributed by atoms with Crippen molar-refractivity contribution in [3.05, 3.63) is 35.9 Å². The summed E-state index contributed by atoms with van der Waals surface area (Å²) < 4.78 is 28.9. The van der Waals surface area contributed by atoms with Crippen LogP contribution in [0.5, 0.6) is 0 Å². The van der Waals surface area contributed by atoms with Gasteiger partial charge in [0.15, 0.2) is 17.5 Å². The SMILES string of the molecule is Nc1ccc(F)c(F)c1N1CCn2cnnc2C1. The van der Waals surface area contributed by atoms with Crippen LogP contribution in [0, 0.1) is 11.6 Å². The summed E-state index contributed by atoms with van der Waals surface area (Å²) in [6.07, 6.45) is 1.62. The van der Waals surface area contributed by atoms with E-state index in [-0.39, 0.29) is 11.4 Å². The van der Waals surface area contributed by atoms with Crippen LogP contribution in [0.15, 0.2) is 18.5 Å². The fourth-order valence-electron chi connectivity index (χ4n) is 2.13. The van der Waals surface area contributed by atoms with Gasteiger partial charge in [-0.2, -0.15) is 0 Å². The molecule has 5 nitrogen and oxygen atoms in total. The molecule has 0 spiro atoms. The Morgan fingerprint density at radius 2 is 2.06 bits per heavy atom. The second kappa shape index (κ2) is 3.94. The van der Waals surface area contributed by atoms with E-state index < -0.39 is 11.6 Å². The summed E-state index contributed by atoms with van der Waals surface area (Å²) in [6.45, 7) is 1.53. The second-order valence-electron chi connectivity index (χ2n) is 4.16. The van der Waals surface area contributed by atoms with Gasteiger partial charge in [0.2, 0.25) is 0 Å². The van der Waals surface area contributed by atoms with Crippen molar-refractivity contribution in [1.29, 1.82) is 0 Å². The number of hydrogen-bond donors (Lipinski definition) is 1. The molecule has 3 rings (SSSR count). The first-order valence-corrected chi connectivity index (χ1v) is 5.52. The number of nitrogens with zero attached hydrogens (tertiary/aromatic N) is 4. The number of hydrogen-bond acceptors (Lipinski definition) is 4. The van der Waals surface area contributed by atoms with Crippen molar-refractivity contribution in [2.24, 2.45) is 0 Å². The van der Waals surface area contributed by atoms with Gasteiger partial charge in [-0.25, -0.2) is 8.78 Å². The normalized spacial score (nSPS) is 14.7. The predicted octanol–water partition coefficient (Wildman–Crippen LogP) is 1.16. The van der Waals surface area contributed by atoms with Gasteiger partial charge in [-0.05, 0) is 12.1 Å². The minimum absolute atomic E-state index is 0.101. The van der Waals surface area contributed by atoms with E-state index in [1.807, 2.05) is 4.57 Å². The maximum Gasteiger partial charge on any atom is 0.184 e. The molecule has 0 fully saturated rings. The fourth-order valence-corrected chi connectivity index (χ4v) is 2.13. The van der Waals surface area contributed by atoms with Gasteiger partial charge in [0.1, 0.15) is 6.33 Å². The molecule has 0 amide bonds. The molecule has 0 saturated carbocycles. The number of anilines is 2. The Balaban J connectivity index is 2.00. The van der Waals surface area contributed by atoms with Crippen molar-refractivity contribution in [3.63, 3.8) is 0 Å². The highest BCUT2D eigenvalue weighted by atomic mass is 19.2. The molecule has 18 heavy (non-hydrogen) atoms. The first kappa shape index (κ1) is 10.9. The van der Waals surface area contributed by atoms with Crippen LogP contribution in [-0.2, 0) is 13.1 Å². The van der Waals surface area contributed by atoms with E-state index in [1.165, 1.54) is 6.07 Å². The number of nitrogen functional groups attached to an aromatic ring is 1. The van der Waals surface area contributed by atoms with Gasteiger partial charge in [0, 0.05) is 13.1 Å². The van der Waals surface area contributed by atoms with Crippen LogP contribution < -0.4 is 10.6 Å². The Labute approximate surface area is 102 Å². The monoisotopic (exact) mass is 251 g/mol. The molecule has 2 aromatic rings. The zero-order valence-electron chi connectivity index (χ0n) is 9.48. The number of aromatic nitrogens is 3. The van der Waals surface area contributed by atoms with Gasteiger partial charge in [0.25, 0.3) is 0 Å². The molecular formula is C11H11F2N5. The van der Waals surface area contributed by atoms with E-state index in [9.17, 15) is 8.78 Å². The first-order valence-electron chi connectivity index (χ1n) is 5.52. The fraction of sp³-hybridized carbons (Fsp3) is 0.273. The summed E-state index contributed by atoms with van der Waals surface area (Å²) in [5.74, 6) is -1.10. The van der Waals surface area contributed by atoms with Gasteiger partial charge in [0.05, 0.1) is 17.9 Å². The molecule has 0 unspecified atom stereocenters. The van der Waals surface area contributed by atoms with Crippen LogP contribution in [0.2, 0.25) is 0 Å². The second-order valence-corrected chi connectivity index (χ2v) is 4.16. The predicted molar refractivity (Wildman–Crippen MR) is 61.8 cm³/mol. The van der Waals surface area contributed by atoms with E-state index in [2.05, 4.69) is 10.2 Å². The number of rotatable bonds is 1. The van der Waals surface area contributed by atoms with E-state index in [0.29, 0.717) is 25.5 Å². The van der Waals surface area contributed by atoms with Crippen LogP contribution in [-0.4, -0.2) is 21.3 Å². The lowest BCUT2D eigenvalue weighted by molar-refractivity contribution is 0.495. The van der Waals surface area contributed by atoms with Crippen LogP contribution in [0.3, 0.4) is 0 Å². The smallest absolute Gasteiger partial charge is 0.184 e. The minimum atomic E-state index is -0.914. The first-order chi connectivity index (χ1) is 8.66. The summed E-state index contributed by atoms with van der Waals surface area (Å²) >= 11 is 0. The van der Waals surface area contributed by atoms with Crippen LogP contribution in [0.4, 0.5) is 20.2 Å². The lowest BCUT2D eigenvalue weighted by Crippen LogP contribution is -2.34. The largest absolute Gasteiger partial charge is 0.397 e. The third-order valence-electron chi connectivity index (χ3n) is 3.06. The van der Waals surface area contributed by atoms with Gasteiger partial charge in [-0.3, -0.25) is 0 Å². The standard InChI is InChI=1S/C11H11F2N5/c12-7-1-2-8(14)11(10(7)13)17-3-4-18-6-15-16-9(18)5-17/h1-2,6H,3-5,14H2. The summed E-state index contributed by atoms with van der Waals surface area (Å²) in [7, 11) is 0. The Bertz CT molecular complexity index is 595. The average molecular weight is 251 g/mol. The summed E-state index contributed by atoms with van der Waals surface area (Å²) in [6, 6.07) is 2.40. The summed E-state index contributed by atoms with van der Waals surface area (Å²) in [5, 5.41) is 7.71. The molecule has 0 bridgehead atoms. The van der Waals surface area contributed by atoms with Gasteiger partial charge >= 0.3 is 0 Å². The maximum atomic E-state index is 13.8. The van der Waals surface area contributed by atoms with Crippen molar-refractivity contribution >= 4 is 11.4 Å². The highest BCUT2D eigenvalue weighted by Crippen LogP contribution is 2.30. The molecule has 2 heterocycles. The third-order valence-corrected chi connectivity index (χ3v) is 3.06. The molecule has 0 saturated heterocycles. The number of nitrogens with two attached hydrogens (primary N) is 1. The summed E-state index contributed by atoms with van der Waals surface area (Å²) in [5.41, 5.74) is 6.05. The molecule has 0 atom stereocenters. The van der Waals surface area contributed by atoms with E-state index in [0.717, 1.165) is 6.07 Å². The quantitative estimate of drug-likeness (QED) is 0.773. The lowest BCUT2D eigenvalue weighted by Gasteiger charge is -2.30. The topological polar surface area (TPSA) is 60.0 Å². The average Bonchev–Trinajstić information content (AvgIpc) is 2.82. The highest BCUT2D eigenvalue weighted by Gasteiger charge is 2.23. The zero-order chi connectivity index (χ0) is 12.7. The Hall–Kier alpha value is -2.18. The molecule has 7 heteroatoms. The molecule has 2 N–H and O–H groups in total. The highest BCUT2D eigenvalue weighted by molar-refractivity contribution is 5.68. The molecule has 94 valence electrons. The molecular weight excluding hydrogens is 240 g/mol. The zero-order valence-corrected chi connectivity index (χ0v) is 9.48. The number of benzene rings is 1. The maximum absolute atomic E-state index is 13.8. The van der Waals surface area contributed by atoms with Crippen LogP contribution >= 0.6 is 0 Å². The Kier molecular flexibility index (Phi) is 2.39. The van der Waals surface area contributed by atoms with Crippen molar-refractivity contribution in [1.82, 2.24) is 14.8 Å². The molecule has 1 aliphatic heterocycles. The van der Waals surface area contributed by atoms with Gasteiger partial charge < -0.3 is 15.2 Å². The van der Waals surface area contributed by atoms with E-state index in [1.54, 1.807) is 11.2 Å². The molecule has 1 aliphatic rings. The van der Waals surface area contributed by atoms with E-state index >= 15 is 0 Å². The van der Waals surface area contributed by atoms with Gasteiger partial charge in [-0.15, -0.1) is 10.2 Å². The molecule has 1 aromatic heterocycles. The van der Waals surface area contributed by atoms with Gasteiger partial charge in [-0.1, -0.05) is 0 Å². The minimum Gasteiger partial charge on any atom is -0.397 e.